The lowest BCUT2D eigenvalue weighted by Gasteiger charge is -2.10. The van der Waals surface area contributed by atoms with Crippen molar-refractivity contribution in [3.05, 3.63) is 76.5 Å². The quantitative estimate of drug-likeness (QED) is 0.519. The molecule has 0 aliphatic heterocycles. The summed E-state index contributed by atoms with van der Waals surface area (Å²) in [4.78, 5) is 27.8. The summed E-state index contributed by atoms with van der Waals surface area (Å²) < 4.78 is 5.72. The molecule has 9 heteroatoms. The molecule has 7 nitrogen and oxygen atoms in total. The Labute approximate surface area is 177 Å². The Balaban J connectivity index is 1.62. The van der Waals surface area contributed by atoms with Crippen LogP contribution in [-0.4, -0.2) is 24.0 Å². The second kappa shape index (κ2) is 9.27. The fraction of sp³-hybridized carbons (Fsp3) is 0.0500. The minimum absolute atomic E-state index is 0.250. The molecule has 0 spiro atoms. The highest BCUT2D eigenvalue weighted by atomic mass is 35.5. The number of hydrogen-bond donors (Lipinski definition) is 3. The number of hydrogen-bond acceptors (Lipinski definition) is 4. The van der Waals surface area contributed by atoms with Crippen molar-refractivity contribution in [1.82, 2.24) is 10.3 Å². The van der Waals surface area contributed by atoms with E-state index >= 15 is 0 Å². The van der Waals surface area contributed by atoms with Gasteiger partial charge >= 0.3 is 6.03 Å². The van der Waals surface area contributed by atoms with E-state index in [0.29, 0.717) is 32.9 Å². The molecule has 0 saturated heterocycles. The molecule has 0 radical (unpaired) electrons. The van der Waals surface area contributed by atoms with E-state index in [2.05, 4.69) is 20.9 Å². The van der Waals surface area contributed by atoms with Crippen molar-refractivity contribution >= 4 is 46.5 Å². The molecule has 0 atom stereocenters. The predicted octanol–water partition coefficient (Wildman–Crippen LogP) is 5.18. The molecule has 0 bridgehead atoms. The maximum absolute atomic E-state index is 12.2. The highest BCUT2D eigenvalue weighted by Gasteiger charge is 2.09. The first-order valence-electron chi connectivity index (χ1n) is 8.44. The molecule has 0 saturated carbocycles. The van der Waals surface area contributed by atoms with Crippen molar-refractivity contribution in [2.24, 2.45) is 0 Å². The Morgan fingerprint density at radius 2 is 1.69 bits per heavy atom. The van der Waals surface area contributed by atoms with Crippen molar-refractivity contribution in [2.45, 2.75) is 0 Å². The summed E-state index contributed by atoms with van der Waals surface area (Å²) in [6.45, 7) is 0. The van der Waals surface area contributed by atoms with Gasteiger partial charge in [0.1, 0.15) is 17.2 Å². The van der Waals surface area contributed by atoms with Crippen LogP contribution in [0.15, 0.2) is 60.8 Å². The third-order valence-electron chi connectivity index (χ3n) is 3.72. The zero-order valence-electron chi connectivity index (χ0n) is 15.2. The van der Waals surface area contributed by atoms with Crippen LogP contribution in [0.5, 0.6) is 11.5 Å². The van der Waals surface area contributed by atoms with Crippen molar-refractivity contribution in [3.63, 3.8) is 0 Å². The van der Waals surface area contributed by atoms with Gasteiger partial charge in [0.05, 0.1) is 10.7 Å². The van der Waals surface area contributed by atoms with Crippen LogP contribution in [0.2, 0.25) is 10.0 Å². The van der Waals surface area contributed by atoms with Gasteiger partial charge in [-0.25, -0.2) is 4.79 Å². The molecule has 148 valence electrons. The van der Waals surface area contributed by atoms with Crippen LogP contribution in [0.25, 0.3) is 0 Å². The number of carbonyl (C=O) groups excluding carboxylic acids is 2. The Kier molecular flexibility index (Phi) is 6.54. The first-order chi connectivity index (χ1) is 13.9. The fourth-order valence-electron chi connectivity index (χ4n) is 2.35. The van der Waals surface area contributed by atoms with E-state index in [1.54, 1.807) is 48.5 Å². The number of rotatable bonds is 5. The van der Waals surface area contributed by atoms with Gasteiger partial charge in [0.25, 0.3) is 5.91 Å². The number of ether oxygens (including phenoxy) is 1. The number of urea groups is 1. The molecule has 2 aromatic carbocycles. The summed E-state index contributed by atoms with van der Waals surface area (Å²) in [7, 11) is 1.53. The highest BCUT2D eigenvalue weighted by molar-refractivity contribution is 6.35. The summed E-state index contributed by atoms with van der Waals surface area (Å²) in [6, 6.07) is 14.2. The van der Waals surface area contributed by atoms with E-state index in [0.717, 1.165) is 0 Å². The standard InChI is InChI=1S/C20H16Cl2N4O3/c1-23-19(27)18-11-15(8-9-24-18)29-14-5-3-13(4-6-14)25-20(28)26-17-10-12(21)2-7-16(17)22/h2-11H,1H3,(H,23,27)(H2,25,26,28). The lowest BCUT2D eigenvalue weighted by atomic mass is 10.3. The van der Waals surface area contributed by atoms with E-state index in [1.165, 1.54) is 19.3 Å². The topological polar surface area (TPSA) is 92.4 Å². The zero-order valence-corrected chi connectivity index (χ0v) is 16.7. The summed E-state index contributed by atoms with van der Waals surface area (Å²) in [6.07, 6.45) is 1.49. The number of anilines is 2. The molecular formula is C20H16Cl2N4O3. The third-order valence-corrected chi connectivity index (χ3v) is 4.28. The zero-order chi connectivity index (χ0) is 20.8. The molecule has 1 heterocycles. The summed E-state index contributed by atoms with van der Waals surface area (Å²) in [5.41, 5.74) is 1.20. The molecule has 0 aliphatic rings. The van der Waals surface area contributed by atoms with Crippen LogP contribution < -0.4 is 20.7 Å². The molecule has 0 fully saturated rings. The molecular weight excluding hydrogens is 415 g/mol. The van der Waals surface area contributed by atoms with Crippen LogP contribution in [0.1, 0.15) is 10.5 Å². The Hall–Kier alpha value is -3.29. The maximum Gasteiger partial charge on any atom is 0.323 e. The van der Waals surface area contributed by atoms with Crippen molar-refractivity contribution in [3.8, 4) is 11.5 Å². The van der Waals surface area contributed by atoms with Gasteiger partial charge in [-0.3, -0.25) is 9.78 Å². The third kappa shape index (κ3) is 5.60. The van der Waals surface area contributed by atoms with Crippen LogP contribution in [0, 0.1) is 0 Å². The van der Waals surface area contributed by atoms with Gasteiger partial charge in [0.15, 0.2) is 0 Å². The van der Waals surface area contributed by atoms with Gasteiger partial charge in [0.2, 0.25) is 0 Å². The molecule has 0 aliphatic carbocycles. The molecule has 3 aromatic rings. The smallest absolute Gasteiger partial charge is 0.323 e. The maximum atomic E-state index is 12.2. The van der Waals surface area contributed by atoms with E-state index in [4.69, 9.17) is 27.9 Å². The van der Waals surface area contributed by atoms with E-state index in [-0.39, 0.29) is 11.6 Å². The van der Waals surface area contributed by atoms with Gasteiger partial charge in [-0.2, -0.15) is 0 Å². The summed E-state index contributed by atoms with van der Waals surface area (Å²) >= 11 is 11.9. The molecule has 3 amide bonds. The number of nitrogens with one attached hydrogen (secondary N) is 3. The number of benzene rings is 2. The van der Waals surface area contributed by atoms with E-state index < -0.39 is 6.03 Å². The monoisotopic (exact) mass is 430 g/mol. The second-order valence-electron chi connectivity index (χ2n) is 5.79. The normalized spacial score (nSPS) is 10.2. The Bertz CT molecular complexity index is 1040. The lowest BCUT2D eigenvalue weighted by Crippen LogP contribution is -2.19. The van der Waals surface area contributed by atoms with Crippen LogP contribution in [0.4, 0.5) is 16.2 Å². The number of nitrogens with zero attached hydrogens (tertiary/aromatic N) is 1. The second-order valence-corrected chi connectivity index (χ2v) is 6.63. The number of amides is 3. The van der Waals surface area contributed by atoms with Crippen LogP contribution in [-0.2, 0) is 0 Å². The molecule has 3 N–H and O–H groups in total. The molecule has 29 heavy (non-hydrogen) atoms. The van der Waals surface area contributed by atoms with E-state index in [9.17, 15) is 9.59 Å². The predicted molar refractivity (Wildman–Crippen MR) is 113 cm³/mol. The average Bonchev–Trinajstić information content (AvgIpc) is 2.72. The van der Waals surface area contributed by atoms with Crippen LogP contribution in [0.3, 0.4) is 0 Å². The van der Waals surface area contributed by atoms with Crippen molar-refractivity contribution in [1.29, 1.82) is 0 Å². The minimum Gasteiger partial charge on any atom is -0.457 e. The molecule has 0 unspecified atom stereocenters. The summed E-state index contributed by atoms with van der Waals surface area (Å²) in [5.74, 6) is 0.691. The van der Waals surface area contributed by atoms with Crippen molar-refractivity contribution in [2.75, 3.05) is 17.7 Å². The first-order valence-corrected chi connectivity index (χ1v) is 9.19. The fourth-order valence-corrected chi connectivity index (χ4v) is 2.68. The average molecular weight is 431 g/mol. The lowest BCUT2D eigenvalue weighted by molar-refractivity contribution is 0.0958. The van der Waals surface area contributed by atoms with E-state index in [1.807, 2.05) is 0 Å². The largest absolute Gasteiger partial charge is 0.457 e. The van der Waals surface area contributed by atoms with Gasteiger partial charge in [0, 0.05) is 30.0 Å². The Morgan fingerprint density at radius 1 is 0.931 bits per heavy atom. The number of halogens is 2. The van der Waals surface area contributed by atoms with Gasteiger partial charge in [-0.1, -0.05) is 23.2 Å². The van der Waals surface area contributed by atoms with Crippen molar-refractivity contribution < 1.29 is 14.3 Å². The first kappa shape index (κ1) is 20.4. The van der Waals surface area contributed by atoms with Gasteiger partial charge in [-0.15, -0.1) is 0 Å². The highest BCUT2D eigenvalue weighted by Crippen LogP contribution is 2.26. The van der Waals surface area contributed by atoms with Gasteiger partial charge < -0.3 is 20.7 Å². The molecule has 1 aromatic heterocycles. The SMILES string of the molecule is CNC(=O)c1cc(Oc2ccc(NC(=O)Nc3cc(Cl)ccc3Cl)cc2)ccn1. The minimum atomic E-state index is -0.466. The van der Waals surface area contributed by atoms with Crippen LogP contribution >= 0.6 is 23.2 Å². The summed E-state index contributed by atoms with van der Waals surface area (Å²) in [5, 5.41) is 8.66. The molecule has 3 rings (SSSR count). The Morgan fingerprint density at radius 3 is 2.41 bits per heavy atom. The van der Waals surface area contributed by atoms with Gasteiger partial charge in [-0.05, 0) is 48.5 Å². The number of carbonyl (C=O) groups is 2. The number of aromatic nitrogens is 1. The number of pyridine rings is 1.